The Morgan fingerprint density at radius 2 is 2.11 bits per heavy atom. The van der Waals surface area contributed by atoms with E-state index in [9.17, 15) is 4.79 Å². The van der Waals surface area contributed by atoms with E-state index in [4.69, 9.17) is 15.6 Å². The van der Waals surface area contributed by atoms with E-state index in [0.717, 1.165) is 19.3 Å². The molecular formula is C13H28N2O3. The van der Waals surface area contributed by atoms with E-state index in [2.05, 4.69) is 6.92 Å². The smallest absolute Gasteiger partial charge is 0.222 e. The Balaban J connectivity index is 4.06. The van der Waals surface area contributed by atoms with E-state index in [1.54, 1.807) is 12.0 Å². The predicted molar refractivity (Wildman–Crippen MR) is 72.2 cm³/mol. The number of methoxy groups -OCH3 is 1. The molecule has 0 radical (unpaired) electrons. The SMILES string of the molecule is CCC(CCN)CCC(=O)N(CCO)CCOC. The summed E-state index contributed by atoms with van der Waals surface area (Å²) in [5.74, 6) is 0.619. The molecule has 0 saturated heterocycles. The number of hydrogen-bond acceptors (Lipinski definition) is 4. The molecule has 18 heavy (non-hydrogen) atoms. The summed E-state index contributed by atoms with van der Waals surface area (Å²) in [4.78, 5) is 13.7. The lowest BCUT2D eigenvalue weighted by Crippen LogP contribution is -2.36. The molecule has 0 aliphatic heterocycles. The van der Waals surface area contributed by atoms with Gasteiger partial charge in [0, 0.05) is 26.6 Å². The summed E-state index contributed by atoms with van der Waals surface area (Å²) in [5, 5.41) is 8.94. The number of carbonyl (C=O) groups is 1. The van der Waals surface area contributed by atoms with Gasteiger partial charge in [-0.1, -0.05) is 13.3 Å². The second kappa shape index (κ2) is 11.4. The van der Waals surface area contributed by atoms with Crippen LogP contribution in [0.1, 0.15) is 32.6 Å². The maximum atomic E-state index is 12.0. The average molecular weight is 260 g/mol. The first kappa shape index (κ1) is 17.4. The van der Waals surface area contributed by atoms with Gasteiger partial charge in [0.15, 0.2) is 0 Å². The second-order valence-electron chi connectivity index (χ2n) is 4.49. The molecule has 5 nitrogen and oxygen atoms in total. The fourth-order valence-electron chi connectivity index (χ4n) is 1.96. The maximum absolute atomic E-state index is 12.0. The topological polar surface area (TPSA) is 75.8 Å². The number of aliphatic hydroxyl groups is 1. The lowest BCUT2D eigenvalue weighted by atomic mass is 9.96. The highest BCUT2D eigenvalue weighted by Crippen LogP contribution is 2.15. The summed E-state index contributed by atoms with van der Waals surface area (Å²) in [6.07, 6.45) is 3.44. The van der Waals surface area contributed by atoms with Crippen LogP contribution < -0.4 is 5.73 Å². The first-order valence-electron chi connectivity index (χ1n) is 6.77. The number of nitrogens with two attached hydrogens (primary N) is 1. The summed E-state index contributed by atoms with van der Waals surface area (Å²) in [6.45, 7) is 4.23. The van der Waals surface area contributed by atoms with Gasteiger partial charge in [0.2, 0.25) is 5.91 Å². The minimum absolute atomic E-state index is 0.00450. The van der Waals surface area contributed by atoms with E-state index in [1.807, 2.05) is 0 Å². The molecule has 0 aromatic heterocycles. The highest BCUT2D eigenvalue weighted by atomic mass is 16.5. The second-order valence-corrected chi connectivity index (χ2v) is 4.49. The summed E-state index contributed by atoms with van der Waals surface area (Å²) >= 11 is 0. The van der Waals surface area contributed by atoms with Gasteiger partial charge in [-0.05, 0) is 25.3 Å². The maximum Gasteiger partial charge on any atom is 0.222 e. The molecular weight excluding hydrogens is 232 g/mol. The van der Waals surface area contributed by atoms with E-state index in [1.165, 1.54) is 0 Å². The third kappa shape index (κ3) is 7.63. The Morgan fingerprint density at radius 3 is 2.61 bits per heavy atom. The summed E-state index contributed by atoms with van der Waals surface area (Å²) in [7, 11) is 1.61. The van der Waals surface area contributed by atoms with Crippen LogP contribution in [0.4, 0.5) is 0 Å². The van der Waals surface area contributed by atoms with Crippen molar-refractivity contribution in [2.24, 2.45) is 11.7 Å². The molecule has 1 unspecified atom stereocenters. The molecule has 0 aromatic rings. The van der Waals surface area contributed by atoms with Crippen LogP contribution in [0.3, 0.4) is 0 Å². The normalized spacial score (nSPS) is 12.4. The lowest BCUT2D eigenvalue weighted by Gasteiger charge is -2.22. The molecule has 0 aliphatic rings. The first-order valence-corrected chi connectivity index (χ1v) is 6.77. The average Bonchev–Trinajstić information content (AvgIpc) is 2.39. The Kier molecular flexibility index (Phi) is 11.0. The Morgan fingerprint density at radius 1 is 1.39 bits per heavy atom. The molecule has 0 bridgehead atoms. The van der Waals surface area contributed by atoms with Gasteiger partial charge in [-0.15, -0.1) is 0 Å². The lowest BCUT2D eigenvalue weighted by molar-refractivity contribution is -0.132. The molecule has 0 aromatic carbocycles. The van der Waals surface area contributed by atoms with Crippen LogP contribution in [0.25, 0.3) is 0 Å². The third-order valence-corrected chi connectivity index (χ3v) is 3.21. The van der Waals surface area contributed by atoms with Crippen LogP contribution in [-0.4, -0.2) is 55.9 Å². The number of amides is 1. The molecule has 0 aliphatic carbocycles. The summed E-state index contributed by atoms with van der Waals surface area (Å²) in [6, 6.07) is 0. The standard InChI is InChI=1S/C13H28N2O3/c1-3-12(6-7-14)4-5-13(17)15(8-10-16)9-11-18-2/h12,16H,3-11,14H2,1-2H3. The number of rotatable bonds is 11. The zero-order chi connectivity index (χ0) is 13.8. The Bertz CT molecular complexity index is 212. The minimum Gasteiger partial charge on any atom is -0.395 e. The number of aliphatic hydroxyl groups excluding tert-OH is 1. The van der Waals surface area contributed by atoms with E-state index >= 15 is 0 Å². The summed E-state index contributed by atoms with van der Waals surface area (Å²) in [5.41, 5.74) is 5.54. The number of nitrogens with zero attached hydrogens (tertiary/aromatic N) is 1. The number of carbonyl (C=O) groups excluding carboxylic acids is 1. The van der Waals surface area contributed by atoms with Crippen LogP contribution in [0.15, 0.2) is 0 Å². The van der Waals surface area contributed by atoms with Crippen molar-refractivity contribution in [3.8, 4) is 0 Å². The van der Waals surface area contributed by atoms with Gasteiger partial charge in [-0.25, -0.2) is 0 Å². The van der Waals surface area contributed by atoms with E-state index in [0.29, 0.717) is 38.6 Å². The van der Waals surface area contributed by atoms with Gasteiger partial charge in [-0.3, -0.25) is 4.79 Å². The van der Waals surface area contributed by atoms with E-state index in [-0.39, 0.29) is 12.5 Å². The quantitative estimate of drug-likeness (QED) is 0.571. The van der Waals surface area contributed by atoms with Crippen molar-refractivity contribution in [3.05, 3.63) is 0 Å². The van der Waals surface area contributed by atoms with Crippen LogP contribution in [0.2, 0.25) is 0 Å². The molecule has 0 fully saturated rings. The Labute approximate surface area is 110 Å². The zero-order valence-corrected chi connectivity index (χ0v) is 11.7. The predicted octanol–water partition coefficient (Wildman–Crippen LogP) is 0.609. The highest BCUT2D eigenvalue weighted by molar-refractivity contribution is 5.76. The monoisotopic (exact) mass is 260 g/mol. The molecule has 0 heterocycles. The van der Waals surface area contributed by atoms with Gasteiger partial charge in [0.25, 0.3) is 0 Å². The van der Waals surface area contributed by atoms with Crippen molar-refractivity contribution in [3.63, 3.8) is 0 Å². The molecule has 0 rings (SSSR count). The Hall–Kier alpha value is -0.650. The van der Waals surface area contributed by atoms with Crippen molar-refractivity contribution in [2.75, 3.05) is 40.0 Å². The number of hydrogen-bond donors (Lipinski definition) is 2. The summed E-state index contributed by atoms with van der Waals surface area (Å²) < 4.78 is 4.96. The van der Waals surface area contributed by atoms with Crippen molar-refractivity contribution >= 4 is 5.91 Å². The molecule has 0 saturated carbocycles. The van der Waals surface area contributed by atoms with Gasteiger partial charge in [0.05, 0.1) is 13.2 Å². The van der Waals surface area contributed by atoms with Gasteiger partial charge < -0.3 is 20.5 Å². The van der Waals surface area contributed by atoms with Crippen LogP contribution in [0.5, 0.6) is 0 Å². The van der Waals surface area contributed by atoms with Crippen molar-refractivity contribution in [1.29, 1.82) is 0 Å². The van der Waals surface area contributed by atoms with Crippen LogP contribution >= 0.6 is 0 Å². The van der Waals surface area contributed by atoms with Gasteiger partial charge in [0.1, 0.15) is 0 Å². The zero-order valence-electron chi connectivity index (χ0n) is 11.7. The number of ether oxygens (including phenoxy) is 1. The molecule has 1 amide bonds. The fourth-order valence-corrected chi connectivity index (χ4v) is 1.96. The largest absolute Gasteiger partial charge is 0.395 e. The minimum atomic E-state index is -0.00450. The molecule has 1 atom stereocenters. The van der Waals surface area contributed by atoms with Crippen molar-refractivity contribution < 1.29 is 14.6 Å². The van der Waals surface area contributed by atoms with Gasteiger partial charge >= 0.3 is 0 Å². The van der Waals surface area contributed by atoms with Crippen molar-refractivity contribution in [2.45, 2.75) is 32.6 Å². The van der Waals surface area contributed by atoms with Crippen LogP contribution in [0, 0.1) is 5.92 Å². The fraction of sp³-hybridized carbons (Fsp3) is 0.923. The van der Waals surface area contributed by atoms with Crippen molar-refractivity contribution in [1.82, 2.24) is 4.90 Å². The van der Waals surface area contributed by atoms with Crippen LogP contribution in [-0.2, 0) is 9.53 Å². The molecule has 5 heteroatoms. The third-order valence-electron chi connectivity index (χ3n) is 3.21. The highest BCUT2D eigenvalue weighted by Gasteiger charge is 2.14. The molecule has 0 spiro atoms. The van der Waals surface area contributed by atoms with Gasteiger partial charge in [-0.2, -0.15) is 0 Å². The molecule has 108 valence electrons. The van der Waals surface area contributed by atoms with E-state index < -0.39 is 0 Å². The molecule has 3 N–H and O–H groups in total. The first-order chi connectivity index (χ1) is 8.69.